The van der Waals surface area contributed by atoms with Crippen LogP contribution in [-0.4, -0.2) is 9.97 Å². The largest absolute Gasteiger partial charge is 0.486 e. The Bertz CT molecular complexity index is 425. The molecule has 0 radical (unpaired) electrons. The zero-order valence-corrected chi connectivity index (χ0v) is 9.26. The van der Waals surface area contributed by atoms with Crippen LogP contribution in [0.4, 0.5) is 0 Å². The van der Waals surface area contributed by atoms with E-state index in [2.05, 4.69) is 9.97 Å². The SMILES string of the molecule is CCc1ncc(OCc2ccccc2)cn1. The number of rotatable bonds is 4. The minimum Gasteiger partial charge on any atom is -0.486 e. The van der Waals surface area contributed by atoms with Crippen molar-refractivity contribution in [3.05, 3.63) is 54.1 Å². The van der Waals surface area contributed by atoms with Crippen LogP contribution in [0.2, 0.25) is 0 Å². The highest BCUT2D eigenvalue weighted by Crippen LogP contribution is 2.09. The molecule has 0 spiro atoms. The standard InChI is InChI=1S/C13H14N2O/c1-2-13-14-8-12(9-15-13)16-10-11-6-4-3-5-7-11/h3-9H,2,10H2,1H3. The first kappa shape index (κ1) is 10.6. The van der Waals surface area contributed by atoms with Gasteiger partial charge in [-0.1, -0.05) is 37.3 Å². The lowest BCUT2D eigenvalue weighted by atomic mass is 10.2. The summed E-state index contributed by atoms with van der Waals surface area (Å²) in [5.41, 5.74) is 1.14. The Labute approximate surface area is 95.1 Å². The van der Waals surface area contributed by atoms with Crippen molar-refractivity contribution in [3.63, 3.8) is 0 Å². The van der Waals surface area contributed by atoms with Crippen LogP contribution in [0.3, 0.4) is 0 Å². The summed E-state index contributed by atoms with van der Waals surface area (Å²) in [7, 11) is 0. The first-order valence-electron chi connectivity index (χ1n) is 5.36. The van der Waals surface area contributed by atoms with Gasteiger partial charge in [-0.05, 0) is 5.56 Å². The third-order valence-electron chi connectivity index (χ3n) is 2.25. The molecule has 0 aliphatic carbocycles. The van der Waals surface area contributed by atoms with E-state index in [1.165, 1.54) is 0 Å². The Morgan fingerprint density at radius 1 is 1.06 bits per heavy atom. The van der Waals surface area contributed by atoms with Crippen molar-refractivity contribution in [2.45, 2.75) is 20.0 Å². The number of hydrogen-bond acceptors (Lipinski definition) is 3. The molecule has 3 nitrogen and oxygen atoms in total. The Balaban J connectivity index is 1.94. The lowest BCUT2D eigenvalue weighted by Crippen LogP contribution is -1.98. The van der Waals surface area contributed by atoms with Gasteiger partial charge in [-0.15, -0.1) is 0 Å². The van der Waals surface area contributed by atoms with E-state index < -0.39 is 0 Å². The van der Waals surface area contributed by atoms with E-state index in [9.17, 15) is 0 Å². The van der Waals surface area contributed by atoms with Gasteiger partial charge >= 0.3 is 0 Å². The molecule has 82 valence electrons. The van der Waals surface area contributed by atoms with Crippen LogP contribution in [0.5, 0.6) is 5.75 Å². The first-order chi connectivity index (χ1) is 7.88. The molecular formula is C13H14N2O. The molecule has 2 rings (SSSR count). The Morgan fingerprint density at radius 3 is 2.38 bits per heavy atom. The summed E-state index contributed by atoms with van der Waals surface area (Å²) >= 11 is 0. The first-order valence-corrected chi connectivity index (χ1v) is 5.36. The number of ether oxygens (including phenoxy) is 1. The fourth-order valence-corrected chi connectivity index (χ4v) is 1.34. The summed E-state index contributed by atoms with van der Waals surface area (Å²) in [6, 6.07) is 10.0. The van der Waals surface area contributed by atoms with Gasteiger partial charge in [0.1, 0.15) is 12.4 Å². The summed E-state index contributed by atoms with van der Waals surface area (Å²) in [5.74, 6) is 1.55. The summed E-state index contributed by atoms with van der Waals surface area (Å²) < 4.78 is 5.57. The lowest BCUT2D eigenvalue weighted by Gasteiger charge is -2.05. The number of hydrogen-bond donors (Lipinski definition) is 0. The molecule has 0 amide bonds. The molecule has 0 saturated heterocycles. The normalized spacial score (nSPS) is 10.1. The van der Waals surface area contributed by atoms with Crippen molar-refractivity contribution in [2.75, 3.05) is 0 Å². The van der Waals surface area contributed by atoms with Crippen molar-refractivity contribution >= 4 is 0 Å². The van der Waals surface area contributed by atoms with Gasteiger partial charge < -0.3 is 4.74 Å². The molecule has 3 heteroatoms. The highest BCUT2D eigenvalue weighted by atomic mass is 16.5. The molecule has 0 fully saturated rings. The maximum absolute atomic E-state index is 5.57. The second-order valence-corrected chi connectivity index (χ2v) is 3.46. The molecule has 1 heterocycles. The van der Waals surface area contributed by atoms with Gasteiger partial charge in [0.2, 0.25) is 0 Å². The number of benzene rings is 1. The van der Waals surface area contributed by atoms with E-state index in [4.69, 9.17) is 4.74 Å². The fraction of sp³-hybridized carbons (Fsp3) is 0.231. The average molecular weight is 214 g/mol. The molecule has 1 aromatic carbocycles. The van der Waals surface area contributed by atoms with Crippen LogP contribution in [0.1, 0.15) is 18.3 Å². The van der Waals surface area contributed by atoms with Crippen LogP contribution in [0.15, 0.2) is 42.7 Å². The highest BCUT2D eigenvalue weighted by molar-refractivity contribution is 5.17. The number of aryl methyl sites for hydroxylation is 1. The van der Waals surface area contributed by atoms with Gasteiger partial charge in [0.05, 0.1) is 12.4 Å². The predicted molar refractivity (Wildman–Crippen MR) is 62.2 cm³/mol. The zero-order chi connectivity index (χ0) is 11.2. The predicted octanol–water partition coefficient (Wildman–Crippen LogP) is 2.62. The molecule has 0 aliphatic rings. The molecule has 0 saturated carbocycles. The minimum absolute atomic E-state index is 0.551. The average Bonchev–Trinajstić information content (AvgIpc) is 2.38. The monoisotopic (exact) mass is 214 g/mol. The molecule has 0 N–H and O–H groups in total. The van der Waals surface area contributed by atoms with Gasteiger partial charge in [0, 0.05) is 6.42 Å². The minimum atomic E-state index is 0.551. The Morgan fingerprint density at radius 2 is 1.75 bits per heavy atom. The van der Waals surface area contributed by atoms with E-state index in [0.29, 0.717) is 12.4 Å². The van der Waals surface area contributed by atoms with Crippen molar-refractivity contribution in [1.82, 2.24) is 9.97 Å². The Hall–Kier alpha value is -1.90. The van der Waals surface area contributed by atoms with Crippen molar-refractivity contribution in [3.8, 4) is 5.75 Å². The molecule has 0 aliphatic heterocycles. The second-order valence-electron chi connectivity index (χ2n) is 3.46. The smallest absolute Gasteiger partial charge is 0.156 e. The van der Waals surface area contributed by atoms with Crippen LogP contribution >= 0.6 is 0 Å². The van der Waals surface area contributed by atoms with E-state index in [1.807, 2.05) is 37.3 Å². The van der Waals surface area contributed by atoms with E-state index >= 15 is 0 Å². The molecule has 1 aromatic heterocycles. The molecule has 0 atom stereocenters. The van der Waals surface area contributed by atoms with Crippen LogP contribution in [0, 0.1) is 0 Å². The fourth-order valence-electron chi connectivity index (χ4n) is 1.34. The third-order valence-corrected chi connectivity index (χ3v) is 2.25. The van der Waals surface area contributed by atoms with Gasteiger partial charge in [-0.3, -0.25) is 0 Å². The summed E-state index contributed by atoms with van der Waals surface area (Å²) in [6.07, 6.45) is 4.28. The molecule has 2 aromatic rings. The maximum atomic E-state index is 5.57. The summed E-state index contributed by atoms with van der Waals surface area (Å²) in [4.78, 5) is 8.35. The van der Waals surface area contributed by atoms with Gasteiger partial charge in [-0.2, -0.15) is 0 Å². The quantitative estimate of drug-likeness (QED) is 0.784. The summed E-state index contributed by atoms with van der Waals surface area (Å²) in [6.45, 7) is 2.58. The van der Waals surface area contributed by atoms with Crippen LogP contribution in [-0.2, 0) is 13.0 Å². The van der Waals surface area contributed by atoms with E-state index in [1.54, 1.807) is 12.4 Å². The van der Waals surface area contributed by atoms with Crippen molar-refractivity contribution in [1.29, 1.82) is 0 Å². The second kappa shape index (κ2) is 5.26. The number of aromatic nitrogens is 2. The highest BCUT2D eigenvalue weighted by Gasteiger charge is 1.97. The Kier molecular flexibility index (Phi) is 3.49. The number of nitrogens with zero attached hydrogens (tertiary/aromatic N) is 2. The van der Waals surface area contributed by atoms with E-state index in [0.717, 1.165) is 17.8 Å². The molecular weight excluding hydrogens is 200 g/mol. The van der Waals surface area contributed by atoms with Gasteiger partial charge in [0.25, 0.3) is 0 Å². The zero-order valence-electron chi connectivity index (χ0n) is 9.26. The maximum Gasteiger partial charge on any atom is 0.156 e. The van der Waals surface area contributed by atoms with Gasteiger partial charge in [0.15, 0.2) is 5.75 Å². The molecule has 0 bridgehead atoms. The van der Waals surface area contributed by atoms with Crippen LogP contribution in [0.25, 0.3) is 0 Å². The van der Waals surface area contributed by atoms with Crippen molar-refractivity contribution < 1.29 is 4.74 Å². The third kappa shape index (κ3) is 2.79. The van der Waals surface area contributed by atoms with Crippen molar-refractivity contribution in [2.24, 2.45) is 0 Å². The topological polar surface area (TPSA) is 35.0 Å². The molecule has 0 unspecified atom stereocenters. The van der Waals surface area contributed by atoms with Gasteiger partial charge in [-0.25, -0.2) is 9.97 Å². The van der Waals surface area contributed by atoms with Crippen LogP contribution < -0.4 is 4.74 Å². The summed E-state index contributed by atoms with van der Waals surface area (Å²) in [5, 5.41) is 0. The molecule has 16 heavy (non-hydrogen) atoms. The van der Waals surface area contributed by atoms with E-state index in [-0.39, 0.29) is 0 Å². The lowest BCUT2D eigenvalue weighted by molar-refractivity contribution is 0.303.